The molecule has 4 saturated carbocycles. The van der Waals surface area contributed by atoms with E-state index in [1.165, 1.54) is 38.5 Å². The summed E-state index contributed by atoms with van der Waals surface area (Å²) in [5.41, 5.74) is 7.93. The lowest BCUT2D eigenvalue weighted by Gasteiger charge is -2.56. The van der Waals surface area contributed by atoms with Crippen molar-refractivity contribution in [1.82, 2.24) is 10.5 Å². The molecule has 6 nitrogen and oxygen atoms in total. The second-order valence-electron chi connectivity index (χ2n) is 12.0. The number of aliphatic hydroxyl groups is 1. The van der Waals surface area contributed by atoms with Crippen LogP contribution < -0.4 is 16.0 Å². The van der Waals surface area contributed by atoms with Crippen molar-refractivity contribution in [3.05, 3.63) is 18.5 Å². The second kappa shape index (κ2) is 7.42. The van der Waals surface area contributed by atoms with E-state index in [-0.39, 0.29) is 11.3 Å². The van der Waals surface area contributed by atoms with Crippen LogP contribution >= 0.6 is 0 Å². The van der Waals surface area contributed by atoms with Gasteiger partial charge in [0.15, 0.2) is 5.78 Å². The van der Waals surface area contributed by atoms with Crippen molar-refractivity contribution in [2.75, 3.05) is 17.0 Å². The third-order valence-corrected chi connectivity index (χ3v) is 10.4. The lowest BCUT2D eigenvalue weighted by molar-refractivity contribution is -0.131. The van der Waals surface area contributed by atoms with Gasteiger partial charge in [-0.05, 0) is 106 Å². The molecule has 0 amide bonds. The summed E-state index contributed by atoms with van der Waals surface area (Å²) in [5.74, 6) is 4.36. The Labute approximate surface area is 191 Å². The Bertz CT molecular complexity index is 904. The van der Waals surface area contributed by atoms with Crippen LogP contribution in [0.25, 0.3) is 0 Å². The Balaban J connectivity index is 1.17. The average Bonchev–Trinajstić information content (AvgIpc) is 3.33. The number of hydrogen-bond donors (Lipinski definition) is 3. The number of aromatic nitrogens is 1. The van der Waals surface area contributed by atoms with Crippen molar-refractivity contribution >= 4 is 17.2 Å². The van der Waals surface area contributed by atoms with Gasteiger partial charge in [-0.15, -0.1) is 5.53 Å². The maximum absolute atomic E-state index is 13.6. The molecule has 0 bridgehead atoms. The Morgan fingerprint density at radius 3 is 2.84 bits per heavy atom. The van der Waals surface area contributed by atoms with Crippen LogP contribution in [0.1, 0.15) is 71.6 Å². The minimum absolute atomic E-state index is 0.149. The first-order valence-electron chi connectivity index (χ1n) is 12.8. The minimum Gasteiger partial charge on any atom is -0.390 e. The van der Waals surface area contributed by atoms with Gasteiger partial charge in [0.25, 0.3) is 0 Å². The summed E-state index contributed by atoms with van der Waals surface area (Å²) in [7, 11) is 0. The van der Waals surface area contributed by atoms with E-state index in [9.17, 15) is 9.90 Å². The van der Waals surface area contributed by atoms with Crippen LogP contribution in [-0.2, 0) is 4.79 Å². The van der Waals surface area contributed by atoms with Crippen LogP contribution in [0.4, 0.5) is 11.4 Å². The molecule has 1 aromatic heterocycles. The lowest BCUT2D eigenvalue weighted by atomic mass is 9.49. The third kappa shape index (κ3) is 3.20. The Kier molecular flexibility index (Phi) is 4.85. The van der Waals surface area contributed by atoms with Crippen molar-refractivity contribution in [2.24, 2.45) is 40.9 Å². The van der Waals surface area contributed by atoms with Gasteiger partial charge in [-0.2, -0.15) is 0 Å². The van der Waals surface area contributed by atoms with Gasteiger partial charge < -0.3 is 10.5 Å². The molecule has 1 aromatic rings. The van der Waals surface area contributed by atoms with Gasteiger partial charge in [0.2, 0.25) is 0 Å². The molecule has 5 aliphatic rings. The molecule has 6 rings (SSSR count). The SMILES string of the molecule is C[C@@]1(O)CC[C@H]2[C@@H](CC[C@@H]3[C@@H]2CC[C@]2(C)[C@@H](C(=O)CN4NNc5ccncc54)CC[C@@H]32)C1. The van der Waals surface area contributed by atoms with Crippen LogP contribution in [0.5, 0.6) is 0 Å². The van der Waals surface area contributed by atoms with E-state index in [0.717, 1.165) is 48.4 Å². The Morgan fingerprint density at radius 1 is 1.12 bits per heavy atom. The topological polar surface area (TPSA) is 77.5 Å². The highest BCUT2D eigenvalue weighted by Gasteiger charge is 2.58. The summed E-state index contributed by atoms with van der Waals surface area (Å²) in [6.07, 6.45) is 14.1. The summed E-state index contributed by atoms with van der Waals surface area (Å²) in [4.78, 5) is 17.8. The van der Waals surface area contributed by atoms with Crippen LogP contribution in [0, 0.1) is 40.9 Å². The number of nitrogens with zero attached hydrogens (tertiary/aromatic N) is 2. The molecule has 3 N–H and O–H groups in total. The summed E-state index contributed by atoms with van der Waals surface area (Å²) in [6, 6.07) is 1.93. The predicted octanol–water partition coefficient (Wildman–Crippen LogP) is 4.32. The highest BCUT2D eigenvalue weighted by Crippen LogP contribution is 2.64. The lowest BCUT2D eigenvalue weighted by Crippen LogP contribution is -2.51. The van der Waals surface area contributed by atoms with Gasteiger partial charge >= 0.3 is 0 Å². The number of fused-ring (bicyclic) bond motifs is 6. The molecule has 0 spiro atoms. The van der Waals surface area contributed by atoms with E-state index in [1.807, 2.05) is 24.2 Å². The Morgan fingerprint density at radius 2 is 1.97 bits per heavy atom. The van der Waals surface area contributed by atoms with Gasteiger partial charge in [0.05, 0.1) is 29.7 Å². The number of hydrazine groups is 2. The maximum Gasteiger partial charge on any atom is 0.157 e. The summed E-state index contributed by atoms with van der Waals surface area (Å²) in [5, 5.41) is 12.5. The zero-order chi connectivity index (χ0) is 22.1. The first-order valence-corrected chi connectivity index (χ1v) is 12.8. The number of ketones is 1. The van der Waals surface area contributed by atoms with Crippen LogP contribution in [-0.4, -0.2) is 28.0 Å². The summed E-state index contributed by atoms with van der Waals surface area (Å²) < 4.78 is 0. The fourth-order valence-electron chi connectivity index (χ4n) is 8.90. The van der Waals surface area contributed by atoms with Crippen molar-refractivity contribution in [2.45, 2.75) is 77.2 Å². The monoisotopic (exact) mass is 438 g/mol. The van der Waals surface area contributed by atoms with Crippen molar-refractivity contribution in [1.29, 1.82) is 0 Å². The molecule has 2 heterocycles. The van der Waals surface area contributed by atoms with E-state index in [0.29, 0.717) is 24.2 Å². The molecule has 174 valence electrons. The van der Waals surface area contributed by atoms with Crippen LogP contribution in [0.3, 0.4) is 0 Å². The number of Topliss-reactive ketones (excluding diaryl/α,β-unsaturated/α-hetero) is 1. The standard InChI is InChI=1S/C26H38N4O2/c1-25(32)10-7-17-16(13-25)3-4-19-18(17)8-11-26(2)20(19)5-6-21(26)24(31)15-30-23-14-27-12-9-22(23)28-29-30/h9,12,14,16-21,28-29,32H,3-8,10-11,13,15H2,1-2H3/t16-,17-,18+,19+,20-,21+,25+,26-/m0/s1. The number of carbonyl (C=O) groups is 1. The Hall–Kier alpha value is -1.66. The molecule has 0 unspecified atom stereocenters. The van der Waals surface area contributed by atoms with E-state index >= 15 is 0 Å². The molecule has 8 atom stereocenters. The third-order valence-electron chi connectivity index (χ3n) is 10.4. The normalized spacial score (nSPS) is 44.8. The number of rotatable bonds is 3. The van der Waals surface area contributed by atoms with Gasteiger partial charge in [-0.25, -0.2) is 0 Å². The zero-order valence-electron chi connectivity index (χ0n) is 19.5. The van der Waals surface area contributed by atoms with Crippen molar-refractivity contribution in [3.63, 3.8) is 0 Å². The summed E-state index contributed by atoms with van der Waals surface area (Å²) in [6.45, 7) is 4.87. The number of hydrogen-bond acceptors (Lipinski definition) is 6. The van der Waals surface area contributed by atoms with E-state index in [2.05, 4.69) is 22.9 Å². The molecule has 0 aromatic carbocycles. The highest BCUT2D eigenvalue weighted by molar-refractivity contribution is 5.88. The van der Waals surface area contributed by atoms with Crippen LogP contribution in [0.15, 0.2) is 18.5 Å². The predicted molar refractivity (Wildman–Crippen MR) is 125 cm³/mol. The molecule has 0 radical (unpaired) electrons. The molecular weight excluding hydrogens is 400 g/mol. The molecule has 6 heteroatoms. The molecular formula is C26H38N4O2. The number of carbonyl (C=O) groups excluding carboxylic acids is 1. The highest BCUT2D eigenvalue weighted by atomic mass is 16.3. The van der Waals surface area contributed by atoms with Crippen molar-refractivity contribution in [3.8, 4) is 0 Å². The van der Waals surface area contributed by atoms with E-state index in [4.69, 9.17) is 0 Å². The molecule has 4 aliphatic carbocycles. The van der Waals surface area contributed by atoms with E-state index < -0.39 is 5.60 Å². The van der Waals surface area contributed by atoms with Crippen molar-refractivity contribution < 1.29 is 9.90 Å². The molecule has 4 fully saturated rings. The molecule has 0 saturated heterocycles. The minimum atomic E-state index is -0.450. The van der Waals surface area contributed by atoms with Gasteiger partial charge in [-0.3, -0.25) is 14.8 Å². The largest absolute Gasteiger partial charge is 0.390 e. The second-order valence-corrected chi connectivity index (χ2v) is 12.0. The first-order chi connectivity index (χ1) is 15.4. The maximum atomic E-state index is 13.6. The quantitative estimate of drug-likeness (QED) is 0.652. The first kappa shape index (κ1) is 20.9. The van der Waals surface area contributed by atoms with E-state index in [1.54, 1.807) is 6.20 Å². The smallest absolute Gasteiger partial charge is 0.157 e. The number of pyridine rings is 1. The molecule has 1 aliphatic heterocycles. The van der Waals surface area contributed by atoms with Gasteiger partial charge in [-0.1, -0.05) is 6.92 Å². The van der Waals surface area contributed by atoms with Gasteiger partial charge in [0, 0.05) is 12.1 Å². The average molecular weight is 439 g/mol. The molecule has 32 heavy (non-hydrogen) atoms. The fourth-order valence-corrected chi connectivity index (χ4v) is 8.90. The van der Waals surface area contributed by atoms with Gasteiger partial charge in [0.1, 0.15) is 0 Å². The fraction of sp³-hybridized carbons (Fsp3) is 0.769. The number of nitrogens with one attached hydrogen (secondary N) is 2. The summed E-state index contributed by atoms with van der Waals surface area (Å²) >= 11 is 0. The number of anilines is 2. The van der Waals surface area contributed by atoms with Crippen LogP contribution in [0.2, 0.25) is 0 Å². The zero-order valence-corrected chi connectivity index (χ0v) is 19.5.